The van der Waals surface area contributed by atoms with Gasteiger partial charge in [-0.15, -0.1) is 11.6 Å². The molecule has 1 aromatic rings. The maximum atomic E-state index is 6.44. The SMILES string of the molecule is COc1cc(Cl)c(C(Cl)C(C)C(C)C)cc1Cl. The number of hydrogen-bond donors (Lipinski definition) is 0. The molecule has 1 aromatic carbocycles. The van der Waals surface area contributed by atoms with Crippen molar-refractivity contribution in [2.75, 3.05) is 7.11 Å². The van der Waals surface area contributed by atoms with Crippen molar-refractivity contribution in [2.24, 2.45) is 11.8 Å². The summed E-state index contributed by atoms with van der Waals surface area (Å²) in [4.78, 5) is 0. The monoisotopic (exact) mass is 294 g/mol. The van der Waals surface area contributed by atoms with Crippen molar-refractivity contribution in [3.8, 4) is 5.75 Å². The van der Waals surface area contributed by atoms with Crippen LogP contribution < -0.4 is 4.74 Å². The Morgan fingerprint density at radius 1 is 1.06 bits per heavy atom. The van der Waals surface area contributed by atoms with Gasteiger partial charge in [-0.25, -0.2) is 0 Å². The number of rotatable bonds is 4. The van der Waals surface area contributed by atoms with Crippen LogP contribution in [0.1, 0.15) is 31.7 Å². The van der Waals surface area contributed by atoms with Crippen molar-refractivity contribution >= 4 is 34.8 Å². The van der Waals surface area contributed by atoms with E-state index in [0.29, 0.717) is 27.6 Å². The molecule has 0 saturated heterocycles. The van der Waals surface area contributed by atoms with Gasteiger partial charge in [-0.1, -0.05) is 44.0 Å². The van der Waals surface area contributed by atoms with Gasteiger partial charge in [0.2, 0.25) is 0 Å². The van der Waals surface area contributed by atoms with Crippen molar-refractivity contribution < 1.29 is 4.74 Å². The number of benzene rings is 1. The Bertz CT molecular complexity index is 390. The summed E-state index contributed by atoms with van der Waals surface area (Å²) in [5.41, 5.74) is 0.861. The molecule has 0 aromatic heterocycles. The summed E-state index contributed by atoms with van der Waals surface area (Å²) in [7, 11) is 1.56. The van der Waals surface area contributed by atoms with Crippen molar-refractivity contribution in [1.82, 2.24) is 0 Å². The summed E-state index contributed by atoms with van der Waals surface area (Å²) in [6.07, 6.45) is 0. The molecule has 4 heteroatoms. The Hall–Kier alpha value is -0.110. The van der Waals surface area contributed by atoms with Gasteiger partial charge >= 0.3 is 0 Å². The van der Waals surface area contributed by atoms with Crippen LogP contribution in [0.4, 0.5) is 0 Å². The second-order valence-corrected chi connectivity index (χ2v) is 5.80. The molecule has 0 amide bonds. The van der Waals surface area contributed by atoms with Gasteiger partial charge < -0.3 is 4.74 Å². The fourth-order valence-electron chi connectivity index (χ4n) is 1.53. The van der Waals surface area contributed by atoms with Gasteiger partial charge in [-0.3, -0.25) is 0 Å². The van der Waals surface area contributed by atoms with Crippen LogP contribution in [0.2, 0.25) is 10.0 Å². The zero-order valence-electron chi connectivity index (χ0n) is 10.4. The van der Waals surface area contributed by atoms with Crippen molar-refractivity contribution in [3.05, 3.63) is 27.7 Å². The fraction of sp³-hybridized carbons (Fsp3) is 0.538. The lowest BCUT2D eigenvalue weighted by Gasteiger charge is -2.23. The van der Waals surface area contributed by atoms with Crippen LogP contribution in [-0.4, -0.2) is 7.11 Å². The zero-order valence-corrected chi connectivity index (χ0v) is 12.7. The number of methoxy groups -OCH3 is 1. The first-order valence-electron chi connectivity index (χ1n) is 5.55. The Kier molecular flexibility index (Phi) is 5.43. The predicted molar refractivity (Wildman–Crippen MR) is 75.6 cm³/mol. The molecule has 96 valence electrons. The summed E-state index contributed by atoms with van der Waals surface area (Å²) in [5, 5.41) is 0.984. The smallest absolute Gasteiger partial charge is 0.138 e. The van der Waals surface area contributed by atoms with Gasteiger partial charge in [0.05, 0.1) is 17.5 Å². The van der Waals surface area contributed by atoms with Gasteiger partial charge in [0.1, 0.15) is 5.75 Å². The van der Waals surface area contributed by atoms with Crippen LogP contribution in [0.5, 0.6) is 5.75 Å². The van der Waals surface area contributed by atoms with Gasteiger partial charge in [-0.05, 0) is 23.5 Å². The number of ether oxygens (including phenoxy) is 1. The van der Waals surface area contributed by atoms with Gasteiger partial charge in [0.25, 0.3) is 0 Å². The molecule has 1 nitrogen and oxygen atoms in total. The lowest BCUT2D eigenvalue weighted by Crippen LogP contribution is -2.11. The average molecular weight is 296 g/mol. The molecule has 0 heterocycles. The lowest BCUT2D eigenvalue weighted by molar-refractivity contribution is 0.403. The minimum Gasteiger partial charge on any atom is -0.495 e. The highest BCUT2D eigenvalue weighted by Crippen LogP contribution is 2.41. The molecular weight excluding hydrogens is 279 g/mol. The lowest BCUT2D eigenvalue weighted by atomic mass is 9.90. The molecule has 2 atom stereocenters. The van der Waals surface area contributed by atoms with E-state index in [1.165, 1.54) is 0 Å². The summed E-state index contributed by atoms with van der Waals surface area (Å²) < 4.78 is 5.11. The Morgan fingerprint density at radius 3 is 2.12 bits per heavy atom. The second-order valence-electron chi connectivity index (χ2n) is 4.51. The van der Waals surface area contributed by atoms with Crippen LogP contribution >= 0.6 is 34.8 Å². The van der Waals surface area contributed by atoms with Gasteiger partial charge in [-0.2, -0.15) is 0 Å². The quantitative estimate of drug-likeness (QED) is 0.659. The largest absolute Gasteiger partial charge is 0.495 e. The molecule has 0 radical (unpaired) electrons. The zero-order chi connectivity index (χ0) is 13.2. The molecule has 0 bridgehead atoms. The highest BCUT2D eigenvalue weighted by atomic mass is 35.5. The molecule has 0 N–H and O–H groups in total. The molecule has 0 aliphatic carbocycles. The van der Waals surface area contributed by atoms with E-state index in [1.807, 2.05) is 0 Å². The van der Waals surface area contributed by atoms with E-state index in [2.05, 4.69) is 20.8 Å². The van der Waals surface area contributed by atoms with Crippen LogP contribution in [0, 0.1) is 11.8 Å². The minimum atomic E-state index is -0.147. The molecule has 2 unspecified atom stereocenters. The molecule has 17 heavy (non-hydrogen) atoms. The molecular formula is C13H17Cl3O. The van der Waals surface area contributed by atoms with E-state index >= 15 is 0 Å². The summed E-state index contributed by atoms with van der Waals surface area (Å²) in [5.74, 6) is 1.37. The van der Waals surface area contributed by atoms with E-state index in [0.717, 1.165) is 5.56 Å². The third kappa shape index (κ3) is 3.43. The first-order chi connectivity index (χ1) is 7.88. The average Bonchev–Trinajstić information content (AvgIpc) is 2.29. The number of halogens is 3. The van der Waals surface area contributed by atoms with Crippen LogP contribution in [0.3, 0.4) is 0 Å². The van der Waals surface area contributed by atoms with E-state index in [1.54, 1.807) is 19.2 Å². The van der Waals surface area contributed by atoms with Crippen molar-refractivity contribution in [1.29, 1.82) is 0 Å². The molecule has 0 spiro atoms. The van der Waals surface area contributed by atoms with E-state index in [4.69, 9.17) is 39.5 Å². The van der Waals surface area contributed by atoms with Crippen molar-refractivity contribution in [2.45, 2.75) is 26.1 Å². The maximum Gasteiger partial charge on any atom is 0.138 e. The highest BCUT2D eigenvalue weighted by molar-refractivity contribution is 6.35. The Morgan fingerprint density at radius 2 is 1.65 bits per heavy atom. The standard InChI is InChI=1S/C13H17Cl3O/c1-7(2)8(3)13(16)9-5-11(15)12(17-4)6-10(9)14/h5-8,13H,1-4H3. The molecule has 0 aliphatic rings. The third-order valence-electron chi connectivity index (χ3n) is 3.08. The Balaban J connectivity index is 3.10. The number of alkyl halides is 1. The molecule has 0 aliphatic heterocycles. The molecule has 0 fully saturated rings. The maximum absolute atomic E-state index is 6.44. The summed E-state index contributed by atoms with van der Waals surface area (Å²) in [6.45, 7) is 6.38. The molecule has 1 rings (SSSR count). The van der Waals surface area contributed by atoms with E-state index < -0.39 is 0 Å². The first-order valence-corrected chi connectivity index (χ1v) is 6.74. The van der Waals surface area contributed by atoms with Crippen LogP contribution in [-0.2, 0) is 0 Å². The van der Waals surface area contributed by atoms with Crippen molar-refractivity contribution in [3.63, 3.8) is 0 Å². The number of hydrogen-bond acceptors (Lipinski definition) is 1. The molecule has 0 saturated carbocycles. The van der Waals surface area contributed by atoms with Gasteiger partial charge in [0.15, 0.2) is 0 Å². The van der Waals surface area contributed by atoms with E-state index in [9.17, 15) is 0 Å². The van der Waals surface area contributed by atoms with Crippen LogP contribution in [0.25, 0.3) is 0 Å². The fourth-order valence-corrected chi connectivity index (χ4v) is 2.58. The Labute approximate surface area is 118 Å². The van der Waals surface area contributed by atoms with Crippen LogP contribution in [0.15, 0.2) is 12.1 Å². The summed E-state index contributed by atoms with van der Waals surface area (Å²) >= 11 is 18.7. The minimum absolute atomic E-state index is 0.147. The third-order valence-corrected chi connectivity index (χ3v) is 4.34. The summed E-state index contributed by atoms with van der Waals surface area (Å²) in [6, 6.07) is 3.50. The normalized spacial score (nSPS) is 14.8. The first kappa shape index (κ1) is 14.9. The van der Waals surface area contributed by atoms with E-state index in [-0.39, 0.29) is 5.38 Å². The predicted octanol–water partition coefficient (Wildman–Crippen LogP) is 5.57. The van der Waals surface area contributed by atoms with Gasteiger partial charge in [0, 0.05) is 11.1 Å². The highest BCUT2D eigenvalue weighted by Gasteiger charge is 2.23. The second kappa shape index (κ2) is 6.17. The topological polar surface area (TPSA) is 9.23 Å².